The van der Waals surface area contributed by atoms with Gasteiger partial charge in [0.2, 0.25) is 5.91 Å². The van der Waals surface area contributed by atoms with Crippen molar-refractivity contribution in [2.45, 2.75) is 20.8 Å². The van der Waals surface area contributed by atoms with E-state index in [9.17, 15) is 9.59 Å². The quantitative estimate of drug-likeness (QED) is 0.513. The molecule has 0 bridgehead atoms. The minimum Gasteiger partial charge on any atom is -0.355 e. The second-order valence-corrected chi connectivity index (χ2v) is 3.69. The topological polar surface area (TPSA) is 46.2 Å². The van der Waals surface area contributed by atoms with Crippen molar-refractivity contribution in [2.75, 3.05) is 6.54 Å². The van der Waals surface area contributed by atoms with Crippen LogP contribution >= 0.6 is 0 Å². The molecular formula is C8H13NO2. The van der Waals surface area contributed by atoms with Crippen LogP contribution in [0.5, 0.6) is 0 Å². The van der Waals surface area contributed by atoms with Crippen LogP contribution in [0.4, 0.5) is 0 Å². The number of nitrogens with one attached hydrogen (secondary N) is 1. The van der Waals surface area contributed by atoms with Gasteiger partial charge in [-0.3, -0.25) is 9.59 Å². The average molecular weight is 155 g/mol. The molecule has 1 atom stereocenters. The van der Waals surface area contributed by atoms with Crippen molar-refractivity contribution in [1.29, 1.82) is 0 Å². The van der Waals surface area contributed by atoms with E-state index in [1.54, 1.807) is 6.92 Å². The molecule has 3 heteroatoms. The molecule has 3 nitrogen and oxygen atoms in total. The van der Waals surface area contributed by atoms with E-state index in [0.717, 1.165) is 0 Å². The van der Waals surface area contributed by atoms with Crippen molar-refractivity contribution in [2.24, 2.45) is 11.3 Å². The number of piperidine rings is 1. The molecule has 1 unspecified atom stereocenters. The maximum atomic E-state index is 11.4. The van der Waals surface area contributed by atoms with E-state index in [-0.39, 0.29) is 17.1 Å². The summed E-state index contributed by atoms with van der Waals surface area (Å²) in [5.74, 6) is -0.575. The summed E-state index contributed by atoms with van der Waals surface area (Å²) < 4.78 is 0. The van der Waals surface area contributed by atoms with Crippen molar-refractivity contribution in [3.8, 4) is 0 Å². The van der Waals surface area contributed by atoms with Crippen LogP contribution in [0.15, 0.2) is 0 Å². The number of carbonyl (C=O) groups is 2. The summed E-state index contributed by atoms with van der Waals surface area (Å²) >= 11 is 0. The molecule has 0 aromatic heterocycles. The molecule has 0 aromatic rings. The Morgan fingerprint density at radius 3 is 2.45 bits per heavy atom. The highest BCUT2D eigenvalue weighted by Gasteiger charge is 2.39. The number of Topliss-reactive ketones (excluding diaryl/α,β-unsaturated/α-hetero) is 1. The molecule has 1 saturated heterocycles. The monoisotopic (exact) mass is 155 g/mol. The van der Waals surface area contributed by atoms with Gasteiger partial charge in [0.05, 0.1) is 5.92 Å². The van der Waals surface area contributed by atoms with E-state index in [1.807, 2.05) is 13.8 Å². The molecular weight excluding hydrogens is 142 g/mol. The summed E-state index contributed by atoms with van der Waals surface area (Å²) in [5.41, 5.74) is -0.382. The van der Waals surface area contributed by atoms with Gasteiger partial charge in [0.15, 0.2) is 5.78 Å². The Labute approximate surface area is 66.2 Å². The summed E-state index contributed by atoms with van der Waals surface area (Å²) in [5, 5.41) is 2.69. The maximum absolute atomic E-state index is 11.4. The van der Waals surface area contributed by atoms with Crippen molar-refractivity contribution >= 4 is 11.7 Å². The number of amides is 1. The molecule has 62 valence electrons. The Hall–Kier alpha value is -0.860. The van der Waals surface area contributed by atoms with Crippen molar-refractivity contribution < 1.29 is 9.59 Å². The molecule has 1 aliphatic rings. The highest BCUT2D eigenvalue weighted by atomic mass is 16.2. The summed E-state index contributed by atoms with van der Waals surface area (Å²) in [6.07, 6.45) is 0. The van der Waals surface area contributed by atoms with Gasteiger partial charge in [0.1, 0.15) is 0 Å². The fourth-order valence-corrected chi connectivity index (χ4v) is 1.25. The lowest BCUT2D eigenvalue weighted by molar-refractivity contribution is -0.142. The van der Waals surface area contributed by atoms with Crippen LogP contribution in [0.2, 0.25) is 0 Å². The zero-order chi connectivity index (χ0) is 8.65. The van der Waals surface area contributed by atoms with Crippen LogP contribution in [-0.4, -0.2) is 18.2 Å². The molecule has 1 N–H and O–H groups in total. The van der Waals surface area contributed by atoms with Crippen LogP contribution in [0.25, 0.3) is 0 Å². The van der Waals surface area contributed by atoms with E-state index in [0.29, 0.717) is 6.54 Å². The first-order valence-corrected chi connectivity index (χ1v) is 3.77. The maximum Gasteiger partial charge on any atom is 0.230 e. The van der Waals surface area contributed by atoms with Gasteiger partial charge in [-0.2, -0.15) is 0 Å². The molecule has 1 heterocycles. The minimum absolute atomic E-state index is 0.0428. The molecule has 11 heavy (non-hydrogen) atoms. The third-order valence-electron chi connectivity index (χ3n) is 2.16. The van der Waals surface area contributed by atoms with Crippen LogP contribution in [-0.2, 0) is 9.59 Å². The lowest BCUT2D eigenvalue weighted by Crippen LogP contribution is -2.51. The molecule has 0 aromatic carbocycles. The molecule has 1 rings (SSSR count). The Bertz CT molecular complexity index is 208. The summed E-state index contributed by atoms with van der Waals surface area (Å²) in [6.45, 7) is 5.82. The van der Waals surface area contributed by atoms with Gasteiger partial charge in [0, 0.05) is 12.0 Å². The lowest BCUT2D eigenvalue weighted by Gasteiger charge is -2.31. The van der Waals surface area contributed by atoms with Crippen molar-refractivity contribution in [1.82, 2.24) is 5.32 Å². The van der Waals surface area contributed by atoms with E-state index in [4.69, 9.17) is 0 Å². The number of hydrogen-bond donors (Lipinski definition) is 1. The fraction of sp³-hybridized carbons (Fsp3) is 0.750. The SMILES string of the molecule is CC1C(=O)NCC(C)(C)C1=O. The van der Waals surface area contributed by atoms with E-state index < -0.39 is 5.92 Å². The largest absolute Gasteiger partial charge is 0.355 e. The van der Waals surface area contributed by atoms with Crippen LogP contribution in [0, 0.1) is 11.3 Å². The van der Waals surface area contributed by atoms with Crippen LogP contribution in [0.3, 0.4) is 0 Å². The number of rotatable bonds is 0. The molecule has 0 radical (unpaired) electrons. The second kappa shape index (κ2) is 2.32. The highest BCUT2D eigenvalue weighted by Crippen LogP contribution is 2.24. The summed E-state index contributed by atoms with van der Waals surface area (Å²) in [7, 11) is 0. The Balaban J connectivity index is 2.84. The van der Waals surface area contributed by atoms with Gasteiger partial charge >= 0.3 is 0 Å². The highest BCUT2D eigenvalue weighted by molar-refractivity contribution is 6.05. The van der Waals surface area contributed by atoms with Crippen molar-refractivity contribution in [3.63, 3.8) is 0 Å². The van der Waals surface area contributed by atoms with Crippen LogP contribution in [0.1, 0.15) is 20.8 Å². The predicted molar refractivity (Wildman–Crippen MR) is 41.0 cm³/mol. The predicted octanol–water partition coefficient (Wildman–Crippen LogP) is 0.348. The molecule has 0 spiro atoms. The van der Waals surface area contributed by atoms with E-state index >= 15 is 0 Å². The zero-order valence-electron chi connectivity index (χ0n) is 7.10. The molecule has 1 amide bonds. The molecule has 1 fully saturated rings. The summed E-state index contributed by atoms with van der Waals surface area (Å²) in [4.78, 5) is 22.4. The first-order valence-electron chi connectivity index (χ1n) is 3.77. The van der Waals surface area contributed by atoms with Gasteiger partial charge in [0.25, 0.3) is 0 Å². The first-order chi connectivity index (χ1) is 4.95. The Morgan fingerprint density at radius 2 is 2.00 bits per heavy atom. The number of carbonyl (C=O) groups excluding carboxylic acids is 2. The molecule has 0 saturated carbocycles. The normalized spacial score (nSPS) is 29.9. The number of hydrogen-bond acceptors (Lipinski definition) is 2. The average Bonchev–Trinajstić information content (AvgIpc) is 1.95. The Kier molecular flexibility index (Phi) is 1.74. The minimum atomic E-state index is -0.473. The molecule has 0 aliphatic carbocycles. The first kappa shape index (κ1) is 8.24. The third-order valence-corrected chi connectivity index (χ3v) is 2.16. The lowest BCUT2D eigenvalue weighted by atomic mass is 9.78. The smallest absolute Gasteiger partial charge is 0.230 e. The van der Waals surface area contributed by atoms with E-state index in [2.05, 4.69) is 5.32 Å². The zero-order valence-corrected chi connectivity index (χ0v) is 7.10. The summed E-state index contributed by atoms with van der Waals surface area (Å²) in [6, 6.07) is 0. The standard InChI is InChI=1S/C8H13NO2/c1-5-6(10)8(2,3)4-9-7(5)11/h5H,4H2,1-3H3,(H,9,11). The van der Waals surface area contributed by atoms with Gasteiger partial charge in [-0.15, -0.1) is 0 Å². The van der Waals surface area contributed by atoms with Gasteiger partial charge in [-0.1, -0.05) is 13.8 Å². The van der Waals surface area contributed by atoms with Crippen molar-refractivity contribution in [3.05, 3.63) is 0 Å². The second-order valence-electron chi connectivity index (χ2n) is 3.69. The van der Waals surface area contributed by atoms with Crippen LogP contribution < -0.4 is 5.32 Å². The number of ketones is 1. The van der Waals surface area contributed by atoms with Gasteiger partial charge in [-0.25, -0.2) is 0 Å². The molecule has 1 aliphatic heterocycles. The van der Waals surface area contributed by atoms with Gasteiger partial charge < -0.3 is 5.32 Å². The third kappa shape index (κ3) is 1.27. The van der Waals surface area contributed by atoms with Gasteiger partial charge in [-0.05, 0) is 6.92 Å². The Morgan fingerprint density at radius 1 is 1.45 bits per heavy atom. The van der Waals surface area contributed by atoms with E-state index in [1.165, 1.54) is 0 Å². The fourth-order valence-electron chi connectivity index (χ4n) is 1.25.